The van der Waals surface area contributed by atoms with E-state index in [2.05, 4.69) is 10.3 Å². The molecule has 2 fully saturated rings. The van der Waals surface area contributed by atoms with Gasteiger partial charge in [0.2, 0.25) is 11.8 Å². The molecule has 0 aromatic carbocycles. The molecule has 1 aromatic rings. The number of carboxylic acid groups (broad SMARTS) is 1. The van der Waals surface area contributed by atoms with Crippen LogP contribution < -0.4 is 5.32 Å². The summed E-state index contributed by atoms with van der Waals surface area (Å²) >= 11 is 1.28. The quantitative estimate of drug-likeness (QED) is 0.819. The number of carbonyl (C=O) groups excluding carboxylic acids is 2. The smallest absolute Gasteiger partial charge is 0.326 e. The highest BCUT2D eigenvalue weighted by Gasteiger charge is 2.47. The van der Waals surface area contributed by atoms with Gasteiger partial charge in [0.05, 0.1) is 12.1 Å². The molecule has 1 aliphatic heterocycles. The van der Waals surface area contributed by atoms with Crippen molar-refractivity contribution < 1.29 is 19.5 Å². The van der Waals surface area contributed by atoms with Crippen LogP contribution in [0.25, 0.3) is 0 Å². The minimum atomic E-state index is -0.922. The van der Waals surface area contributed by atoms with E-state index in [-0.39, 0.29) is 24.3 Å². The molecule has 7 nitrogen and oxygen atoms in total. The highest BCUT2D eigenvalue weighted by atomic mass is 32.1. The molecule has 1 aromatic heterocycles. The molecule has 1 saturated heterocycles. The summed E-state index contributed by atoms with van der Waals surface area (Å²) in [7, 11) is 0. The van der Waals surface area contributed by atoms with Crippen LogP contribution in [0.3, 0.4) is 0 Å². The summed E-state index contributed by atoms with van der Waals surface area (Å²) in [5, 5.41) is 14.5. The zero-order valence-corrected chi connectivity index (χ0v) is 16.8. The van der Waals surface area contributed by atoms with Crippen molar-refractivity contribution in [2.75, 3.05) is 5.32 Å². The minimum absolute atomic E-state index is 0.0334. The maximum Gasteiger partial charge on any atom is 0.326 e. The number of hydrogen-bond acceptors (Lipinski definition) is 5. The molecule has 2 N–H and O–H groups in total. The van der Waals surface area contributed by atoms with Crippen molar-refractivity contribution >= 4 is 34.3 Å². The molecule has 8 heteroatoms. The van der Waals surface area contributed by atoms with Crippen molar-refractivity contribution in [3.05, 3.63) is 11.1 Å². The van der Waals surface area contributed by atoms with Crippen LogP contribution in [0.1, 0.15) is 58.6 Å². The standard InChI is InChI=1S/C19H27N3O4S/c1-19(2,3)17(26)21-18-20-12(10-27-18)9-15(23)22-13-7-5-4-6-11(13)8-14(22)16(24)25/h10-11,13-14H,4-9H2,1-3H3,(H,24,25)(H,20,21,26). The van der Waals surface area contributed by atoms with Gasteiger partial charge in [0.25, 0.3) is 0 Å². The van der Waals surface area contributed by atoms with Crippen LogP contribution in [0.4, 0.5) is 5.13 Å². The van der Waals surface area contributed by atoms with E-state index >= 15 is 0 Å². The highest BCUT2D eigenvalue weighted by Crippen LogP contribution is 2.40. The fourth-order valence-corrected chi connectivity index (χ4v) is 4.72. The van der Waals surface area contributed by atoms with Crippen LogP contribution in [0.15, 0.2) is 5.38 Å². The summed E-state index contributed by atoms with van der Waals surface area (Å²) in [6.45, 7) is 5.46. The molecule has 2 amide bonds. The van der Waals surface area contributed by atoms with Gasteiger partial charge in [-0.15, -0.1) is 11.3 Å². The van der Waals surface area contributed by atoms with E-state index in [9.17, 15) is 19.5 Å². The van der Waals surface area contributed by atoms with E-state index in [0.717, 1.165) is 25.7 Å². The van der Waals surface area contributed by atoms with Crippen LogP contribution in [0.5, 0.6) is 0 Å². The van der Waals surface area contributed by atoms with E-state index in [4.69, 9.17) is 0 Å². The zero-order chi connectivity index (χ0) is 19.8. The van der Waals surface area contributed by atoms with Gasteiger partial charge in [-0.3, -0.25) is 9.59 Å². The second-order valence-electron chi connectivity index (χ2n) is 8.53. The molecule has 3 atom stereocenters. The Kier molecular flexibility index (Phi) is 5.55. The molecule has 1 aliphatic carbocycles. The lowest BCUT2D eigenvalue weighted by molar-refractivity contribution is -0.149. The number of nitrogens with zero attached hydrogens (tertiary/aromatic N) is 2. The third-order valence-corrected chi connectivity index (χ3v) is 6.25. The Bertz CT molecular complexity index is 740. The van der Waals surface area contributed by atoms with Crippen molar-refractivity contribution in [2.45, 2.75) is 71.4 Å². The molecule has 1 saturated carbocycles. The molecule has 2 aliphatic rings. The predicted molar refractivity (Wildman–Crippen MR) is 103 cm³/mol. The fraction of sp³-hybridized carbons (Fsp3) is 0.684. The van der Waals surface area contributed by atoms with Gasteiger partial charge in [-0.25, -0.2) is 9.78 Å². The van der Waals surface area contributed by atoms with Crippen LogP contribution in [-0.4, -0.2) is 44.9 Å². The Balaban J connectivity index is 1.69. The van der Waals surface area contributed by atoms with Gasteiger partial charge in [-0.1, -0.05) is 33.6 Å². The highest BCUT2D eigenvalue weighted by molar-refractivity contribution is 7.13. The van der Waals surface area contributed by atoms with Gasteiger partial charge in [0.15, 0.2) is 5.13 Å². The summed E-state index contributed by atoms with van der Waals surface area (Å²) in [5.41, 5.74) is 0.0413. The number of thiazole rings is 1. The lowest BCUT2D eigenvalue weighted by atomic mass is 9.84. The first-order valence-electron chi connectivity index (χ1n) is 9.46. The second-order valence-corrected chi connectivity index (χ2v) is 9.39. The lowest BCUT2D eigenvalue weighted by Crippen LogP contribution is -2.46. The minimum Gasteiger partial charge on any atom is -0.480 e. The summed E-state index contributed by atoms with van der Waals surface area (Å²) in [4.78, 5) is 42.6. The Morgan fingerprint density at radius 3 is 2.67 bits per heavy atom. The first-order chi connectivity index (χ1) is 12.7. The monoisotopic (exact) mass is 393 g/mol. The first kappa shape index (κ1) is 19.8. The molecule has 0 bridgehead atoms. The topological polar surface area (TPSA) is 99.6 Å². The van der Waals surface area contributed by atoms with E-state index in [0.29, 0.717) is 23.2 Å². The Hall–Kier alpha value is -1.96. The van der Waals surface area contributed by atoms with Crippen LogP contribution in [0, 0.1) is 11.3 Å². The van der Waals surface area contributed by atoms with Gasteiger partial charge in [-0.2, -0.15) is 0 Å². The lowest BCUT2D eigenvalue weighted by Gasteiger charge is -2.32. The summed E-state index contributed by atoms with van der Waals surface area (Å²) in [5.74, 6) is -0.948. The number of rotatable bonds is 4. The van der Waals surface area contributed by atoms with Gasteiger partial charge < -0.3 is 15.3 Å². The molecule has 27 heavy (non-hydrogen) atoms. The summed E-state index contributed by atoms with van der Waals surface area (Å²) in [6.07, 6.45) is 4.64. The van der Waals surface area contributed by atoms with Gasteiger partial charge >= 0.3 is 5.97 Å². The molecule has 148 valence electrons. The number of aromatic nitrogens is 1. The number of aliphatic carboxylic acids is 1. The number of carbonyl (C=O) groups is 3. The number of anilines is 1. The first-order valence-corrected chi connectivity index (χ1v) is 10.3. The Morgan fingerprint density at radius 2 is 2.00 bits per heavy atom. The molecule has 2 heterocycles. The third-order valence-electron chi connectivity index (χ3n) is 5.45. The Labute approximate surface area is 163 Å². The van der Waals surface area contributed by atoms with Gasteiger partial charge in [0, 0.05) is 16.8 Å². The Morgan fingerprint density at radius 1 is 1.30 bits per heavy atom. The van der Waals surface area contributed by atoms with Crippen LogP contribution in [-0.2, 0) is 20.8 Å². The predicted octanol–water partition coefficient (Wildman–Crippen LogP) is 2.91. The molecular weight excluding hydrogens is 366 g/mol. The van der Waals surface area contributed by atoms with Crippen LogP contribution in [0.2, 0.25) is 0 Å². The molecular formula is C19H27N3O4S. The van der Waals surface area contributed by atoms with Crippen molar-refractivity contribution in [2.24, 2.45) is 11.3 Å². The SMILES string of the molecule is CC(C)(C)C(=O)Nc1nc(CC(=O)N2C(C(=O)O)CC3CCCCC32)cs1. The number of likely N-dealkylation sites (tertiary alicyclic amines) is 1. The number of carboxylic acids is 1. The van der Waals surface area contributed by atoms with Crippen LogP contribution >= 0.6 is 11.3 Å². The van der Waals surface area contributed by atoms with E-state index in [1.54, 1.807) is 10.3 Å². The fourth-order valence-electron chi connectivity index (χ4n) is 4.02. The number of amides is 2. The molecule has 0 spiro atoms. The van der Waals surface area contributed by atoms with E-state index in [1.165, 1.54) is 11.3 Å². The van der Waals surface area contributed by atoms with Crippen molar-refractivity contribution in [1.82, 2.24) is 9.88 Å². The summed E-state index contributed by atoms with van der Waals surface area (Å²) in [6, 6.07) is -0.699. The van der Waals surface area contributed by atoms with Crippen molar-refractivity contribution in [3.8, 4) is 0 Å². The second kappa shape index (κ2) is 7.58. The van der Waals surface area contributed by atoms with E-state index in [1.807, 2.05) is 20.8 Å². The van der Waals surface area contributed by atoms with Gasteiger partial charge in [-0.05, 0) is 25.2 Å². The maximum absolute atomic E-state index is 12.9. The average Bonchev–Trinajstić information content (AvgIpc) is 3.18. The van der Waals surface area contributed by atoms with Crippen molar-refractivity contribution in [3.63, 3.8) is 0 Å². The van der Waals surface area contributed by atoms with Gasteiger partial charge in [0.1, 0.15) is 6.04 Å². The normalized spacial score (nSPS) is 25.1. The largest absolute Gasteiger partial charge is 0.480 e. The number of nitrogens with one attached hydrogen (secondary N) is 1. The maximum atomic E-state index is 12.9. The number of fused-ring (bicyclic) bond motifs is 1. The van der Waals surface area contributed by atoms with E-state index < -0.39 is 17.4 Å². The zero-order valence-electron chi connectivity index (χ0n) is 16.0. The molecule has 0 radical (unpaired) electrons. The molecule has 3 unspecified atom stereocenters. The summed E-state index contributed by atoms with van der Waals surface area (Å²) < 4.78 is 0. The average molecular weight is 394 g/mol. The number of hydrogen-bond donors (Lipinski definition) is 2. The third kappa shape index (κ3) is 4.31. The van der Waals surface area contributed by atoms with Crippen molar-refractivity contribution in [1.29, 1.82) is 0 Å². The molecule has 3 rings (SSSR count).